The Hall–Kier alpha value is -0.730. The molecule has 1 unspecified atom stereocenters. The highest BCUT2D eigenvalue weighted by Crippen LogP contribution is 2.31. The lowest BCUT2D eigenvalue weighted by Gasteiger charge is -2.18. The molecule has 2 rings (SSSR count). The summed E-state index contributed by atoms with van der Waals surface area (Å²) in [5, 5.41) is 5.20. The lowest BCUT2D eigenvalue weighted by Crippen LogP contribution is -2.19. The first kappa shape index (κ1) is 14.7. The summed E-state index contributed by atoms with van der Waals surface area (Å²) in [4.78, 5) is 0. The normalized spacial score (nSPS) is 12.4. The molecule has 4 heteroatoms. The van der Waals surface area contributed by atoms with Gasteiger partial charge in [-0.1, -0.05) is 59.1 Å². The second-order valence-electron chi connectivity index (χ2n) is 4.31. The van der Waals surface area contributed by atoms with E-state index in [4.69, 9.17) is 34.8 Å². The SMILES string of the molecule is CNC(Cc1ccc(Cl)cc1)c1cccc(Cl)c1Cl. The van der Waals surface area contributed by atoms with Gasteiger partial charge >= 0.3 is 0 Å². The number of nitrogens with one attached hydrogen (secondary N) is 1. The molecule has 2 aromatic rings. The lowest BCUT2D eigenvalue weighted by atomic mass is 9.99. The van der Waals surface area contributed by atoms with Crippen LogP contribution in [0, 0.1) is 0 Å². The fraction of sp³-hybridized carbons (Fsp3) is 0.200. The summed E-state index contributed by atoms with van der Waals surface area (Å²) in [5.74, 6) is 0. The molecule has 1 N–H and O–H groups in total. The second-order valence-corrected chi connectivity index (χ2v) is 5.54. The van der Waals surface area contributed by atoms with Gasteiger partial charge in [0.1, 0.15) is 0 Å². The van der Waals surface area contributed by atoms with Gasteiger partial charge in [-0.05, 0) is 42.8 Å². The van der Waals surface area contributed by atoms with Crippen LogP contribution in [-0.4, -0.2) is 7.05 Å². The van der Waals surface area contributed by atoms with Gasteiger partial charge in [-0.15, -0.1) is 0 Å². The summed E-state index contributed by atoms with van der Waals surface area (Å²) in [7, 11) is 1.91. The predicted molar refractivity (Wildman–Crippen MR) is 83.4 cm³/mol. The van der Waals surface area contributed by atoms with Crippen LogP contribution in [-0.2, 0) is 6.42 Å². The van der Waals surface area contributed by atoms with Crippen LogP contribution in [0.2, 0.25) is 15.1 Å². The van der Waals surface area contributed by atoms with Crippen molar-refractivity contribution in [2.75, 3.05) is 7.05 Å². The Kier molecular flexibility index (Phi) is 5.12. The Labute approximate surface area is 128 Å². The van der Waals surface area contributed by atoms with E-state index < -0.39 is 0 Å². The molecule has 0 aliphatic rings. The van der Waals surface area contributed by atoms with Crippen LogP contribution in [0.25, 0.3) is 0 Å². The molecule has 0 heterocycles. The molecule has 1 nitrogen and oxygen atoms in total. The van der Waals surface area contributed by atoms with Crippen molar-refractivity contribution in [2.45, 2.75) is 12.5 Å². The van der Waals surface area contributed by atoms with Crippen LogP contribution in [0.5, 0.6) is 0 Å². The van der Waals surface area contributed by atoms with Gasteiger partial charge in [-0.2, -0.15) is 0 Å². The number of hydrogen-bond donors (Lipinski definition) is 1. The van der Waals surface area contributed by atoms with Crippen molar-refractivity contribution in [2.24, 2.45) is 0 Å². The molecule has 100 valence electrons. The Balaban J connectivity index is 2.25. The van der Waals surface area contributed by atoms with E-state index in [0.717, 1.165) is 17.0 Å². The van der Waals surface area contributed by atoms with Gasteiger partial charge in [0.05, 0.1) is 10.0 Å². The number of likely N-dealkylation sites (N-methyl/N-ethyl adjacent to an activating group) is 1. The van der Waals surface area contributed by atoms with E-state index in [1.54, 1.807) is 6.07 Å². The standard InChI is InChI=1S/C15H14Cl3N/c1-19-14(9-10-5-7-11(16)8-6-10)12-3-2-4-13(17)15(12)18/h2-8,14,19H,9H2,1H3. The monoisotopic (exact) mass is 313 g/mol. The zero-order chi connectivity index (χ0) is 13.8. The number of rotatable bonds is 4. The first-order valence-corrected chi connectivity index (χ1v) is 7.11. The van der Waals surface area contributed by atoms with Crippen molar-refractivity contribution in [3.63, 3.8) is 0 Å². The minimum atomic E-state index is 0.118. The highest BCUT2D eigenvalue weighted by Gasteiger charge is 2.15. The Morgan fingerprint density at radius 1 is 1.00 bits per heavy atom. The summed E-state index contributed by atoms with van der Waals surface area (Å²) in [6, 6.07) is 13.6. The van der Waals surface area contributed by atoms with Gasteiger partial charge in [-0.25, -0.2) is 0 Å². The van der Waals surface area contributed by atoms with Gasteiger partial charge in [0.25, 0.3) is 0 Å². The third-order valence-corrected chi connectivity index (χ3v) is 4.14. The Bertz CT molecular complexity index is 552. The van der Waals surface area contributed by atoms with Crippen molar-refractivity contribution in [1.29, 1.82) is 0 Å². The number of benzene rings is 2. The fourth-order valence-electron chi connectivity index (χ4n) is 2.01. The minimum absolute atomic E-state index is 0.118. The molecule has 0 fully saturated rings. The van der Waals surface area contributed by atoms with Crippen molar-refractivity contribution in [1.82, 2.24) is 5.32 Å². The highest BCUT2D eigenvalue weighted by molar-refractivity contribution is 6.42. The zero-order valence-corrected chi connectivity index (χ0v) is 12.7. The number of halogens is 3. The molecule has 0 spiro atoms. The van der Waals surface area contributed by atoms with E-state index in [1.165, 1.54) is 5.56 Å². The molecule has 0 bridgehead atoms. The van der Waals surface area contributed by atoms with E-state index in [9.17, 15) is 0 Å². The first-order valence-electron chi connectivity index (χ1n) is 5.97. The molecular weight excluding hydrogens is 301 g/mol. The molecular formula is C15H14Cl3N. The van der Waals surface area contributed by atoms with Gasteiger partial charge < -0.3 is 5.32 Å². The molecule has 0 saturated heterocycles. The van der Waals surface area contributed by atoms with Crippen LogP contribution in [0.1, 0.15) is 17.2 Å². The maximum Gasteiger partial charge on any atom is 0.0640 e. The third kappa shape index (κ3) is 3.64. The van der Waals surface area contributed by atoms with Crippen molar-refractivity contribution >= 4 is 34.8 Å². The van der Waals surface area contributed by atoms with Crippen molar-refractivity contribution in [3.8, 4) is 0 Å². The Morgan fingerprint density at radius 2 is 1.68 bits per heavy atom. The van der Waals surface area contributed by atoms with Crippen LogP contribution < -0.4 is 5.32 Å². The van der Waals surface area contributed by atoms with Gasteiger partial charge in [-0.3, -0.25) is 0 Å². The van der Waals surface area contributed by atoms with Crippen LogP contribution >= 0.6 is 34.8 Å². The van der Waals surface area contributed by atoms with Gasteiger partial charge in [0.15, 0.2) is 0 Å². The van der Waals surface area contributed by atoms with Gasteiger partial charge in [0.2, 0.25) is 0 Å². The van der Waals surface area contributed by atoms with Crippen molar-refractivity contribution < 1.29 is 0 Å². The smallest absolute Gasteiger partial charge is 0.0640 e. The topological polar surface area (TPSA) is 12.0 Å². The van der Waals surface area contributed by atoms with Crippen molar-refractivity contribution in [3.05, 3.63) is 68.7 Å². The van der Waals surface area contributed by atoms with Gasteiger partial charge in [0, 0.05) is 11.1 Å². The fourth-order valence-corrected chi connectivity index (χ4v) is 2.58. The second kappa shape index (κ2) is 6.62. The summed E-state index contributed by atoms with van der Waals surface area (Å²) >= 11 is 18.2. The molecule has 19 heavy (non-hydrogen) atoms. The molecule has 0 saturated carbocycles. The van der Waals surface area contributed by atoms with Crippen LogP contribution in [0.4, 0.5) is 0 Å². The summed E-state index contributed by atoms with van der Waals surface area (Å²) in [6.07, 6.45) is 0.827. The highest BCUT2D eigenvalue weighted by atomic mass is 35.5. The largest absolute Gasteiger partial charge is 0.313 e. The molecule has 1 atom stereocenters. The first-order chi connectivity index (χ1) is 9.11. The average Bonchev–Trinajstić information content (AvgIpc) is 2.42. The summed E-state index contributed by atoms with van der Waals surface area (Å²) in [6.45, 7) is 0. The van der Waals surface area contributed by atoms with E-state index >= 15 is 0 Å². The maximum atomic E-state index is 6.27. The molecule has 0 amide bonds. The van der Waals surface area contributed by atoms with E-state index in [0.29, 0.717) is 10.0 Å². The molecule has 0 aliphatic carbocycles. The molecule has 0 radical (unpaired) electrons. The van der Waals surface area contributed by atoms with Crippen LogP contribution in [0.3, 0.4) is 0 Å². The molecule has 0 aromatic heterocycles. The average molecular weight is 315 g/mol. The van der Waals surface area contributed by atoms with E-state index in [2.05, 4.69) is 5.32 Å². The summed E-state index contributed by atoms with van der Waals surface area (Å²) < 4.78 is 0. The third-order valence-electron chi connectivity index (χ3n) is 3.06. The lowest BCUT2D eigenvalue weighted by molar-refractivity contribution is 0.592. The predicted octanol–water partition coefficient (Wildman–Crippen LogP) is 5.15. The van der Waals surface area contributed by atoms with E-state index in [-0.39, 0.29) is 6.04 Å². The summed E-state index contributed by atoms with van der Waals surface area (Å²) in [5.41, 5.74) is 2.20. The van der Waals surface area contributed by atoms with E-state index in [1.807, 2.05) is 43.4 Å². The molecule has 2 aromatic carbocycles. The quantitative estimate of drug-likeness (QED) is 0.823. The maximum absolute atomic E-state index is 6.27. The van der Waals surface area contributed by atoms with Crippen LogP contribution in [0.15, 0.2) is 42.5 Å². The number of hydrogen-bond acceptors (Lipinski definition) is 1. The Morgan fingerprint density at radius 3 is 2.32 bits per heavy atom. The minimum Gasteiger partial charge on any atom is -0.313 e. The molecule has 0 aliphatic heterocycles. The zero-order valence-electron chi connectivity index (χ0n) is 10.5.